The zero-order chi connectivity index (χ0) is 30.8. The molecule has 246 valence electrons. The summed E-state index contributed by atoms with van der Waals surface area (Å²) in [4.78, 5) is 0. The van der Waals surface area contributed by atoms with Gasteiger partial charge in [0.25, 0.3) is 0 Å². The van der Waals surface area contributed by atoms with Gasteiger partial charge in [0, 0.05) is 11.4 Å². The fourth-order valence-corrected chi connectivity index (χ4v) is 15.2. The van der Waals surface area contributed by atoms with E-state index >= 15 is 0 Å². The molecule has 0 saturated heterocycles. The second-order valence-electron chi connectivity index (χ2n) is 19.5. The third kappa shape index (κ3) is 4.26. The standard InChI is InChI=1S/C40H64N2O2/c1-23-21-39(5)25(7-9-27-29-11-12-35(44)38(29,4)18-14-30(27)39)19-32(23)41-42-33-20-26-8-10-28-31(40(26,6)22-24(33)2)13-16-37(3)17-15-34(43)36(28)37/h23-31,34-36,43-44H,7-22H2,1-6H3/b41-32-,42-33-/t23-,24?,25+,26?,27+,28?,29+,30-,31?,34?,35+,36?,37-,38+,39-,40+/m1/s1. The lowest BCUT2D eigenvalue weighted by Gasteiger charge is -2.61. The van der Waals surface area contributed by atoms with E-state index in [4.69, 9.17) is 10.2 Å². The Morgan fingerprint density at radius 2 is 1.09 bits per heavy atom. The van der Waals surface area contributed by atoms with Crippen LogP contribution in [0.3, 0.4) is 0 Å². The molecule has 8 saturated carbocycles. The van der Waals surface area contributed by atoms with Crippen LogP contribution >= 0.6 is 0 Å². The van der Waals surface area contributed by atoms with E-state index in [1.54, 1.807) is 0 Å². The Balaban J connectivity index is 0.974. The van der Waals surface area contributed by atoms with Gasteiger partial charge in [-0.05, 0) is 184 Å². The average molecular weight is 605 g/mol. The van der Waals surface area contributed by atoms with E-state index in [2.05, 4.69) is 41.5 Å². The normalized spacial score (nSPS) is 60.2. The zero-order valence-electron chi connectivity index (χ0n) is 29.0. The van der Waals surface area contributed by atoms with Crippen molar-refractivity contribution in [1.82, 2.24) is 0 Å². The highest BCUT2D eigenvalue weighted by molar-refractivity contribution is 5.91. The molecule has 0 aromatic carbocycles. The number of aliphatic hydroxyl groups is 2. The van der Waals surface area contributed by atoms with Crippen LogP contribution in [0.25, 0.3) is 0 Å². The predicted octanol–water partition coefficient (Wildman–Crippen LogP) is 9.08. The van der Waals surface area contributed by atoms with Crippen LogP contribution in [-0.4, -0.2) is 33.8 Å². The quantitative estimate of drug-likeness (QED) is 0.293. The van der Waals surface area contributed by atoms with Gasteiger partial charge in [-0.15, -0.1) is 0 Å². The van der Waals surface area contributed by atoms with E-state index in [0.29, 0.717) is 34.0 Å². The van der Waals surface area contributed by atoms with Gasteiger partial charge in [0.1, 0.15) is 0 Å². The number of rotatable bonds is 1. The number of hydrogen-bond donors (Lipinski definition) is 2. The van der Waals surface area contributed by atoms with Crippen molar-refractivity contribution < 1.29 is 10.2 Å². The molecule has 0 aromatic rings. The topological polar surface area (TPSA) is 65.2 Å². The summed E-state index contributed by atoms with van der Waals surface area (Å²) >= 11 is 0. The molecule has 16 atom stereocenters. The largest absolute Gasteiger partial charge is 0.393 e. The van der Waals surface area contributed by atoms with Crippen LogP contribution in [0.5, 0.6) is 0 Å². The van der Waals surface area contributed by atoms with Crippen molar-refractivity contribution in [2.45, 2.75) is 156 Å². The monoisotopic (exact) mass is 604 g/mol. The molecule has 0 amide bonds. The molecule has 0 radical (unpaired) electrons. The van der Waals surface area contributed by atoms with Crippen LogP contribution in [0, 0.1) is 80.8 Å². The van der Waals surface area contributed by atoms with Crippen molar-refractivity contribution in [2.75, 3.05) is 0 Å². The Morgan fingerprint density at radius 1 is 0.568 bits per heavy atom. The van der Waals surface area contributed by atoms with Crippen molar-refractivity contribution in [3.63, 3.8) is 0 Å². The van der Waals surface area contributed by atoms with Crippen LogP contribution in [0.1, 0.15) is 144 Å². The minimum atomic E-state index is -0.0733. The Bertz CT molecular complexity index is 1210. The van der Waals surface area contributed by atoms with E-state index in [9.17, 15) is 10.2 Å². The molecule has 8 fully saturated rings. The summed E-state index contributed by atoms with van der Waals surface area (Å²) in [5.74, 6) is 6.94. The van der Waals surface area contributed by atoms with Gasteiger partial charge in [-0.25, -0.2) is 0 Å². The van der Waals surface area contributed by atoms with E-state index in [0.717, 1.165) is 67.1 Å². The molecular formula is C40H64N2O2. The first-order chi connectivity index (χ1) is 20.9. The van der Waals surface area contributed by atoms with Gasteiger partial charge in [-0.1, -0.05) is 41.5 Å². The van der Waals surface area contributed by atoms with Crippen molar-refractivity contribution in [3.8, 4) is 0 Å². The molecule has 0 spiro atoms. The van der Waals surface area contributed by atoms with Crippen LogP contribution in [0.4, 0.5) is 0 Å². The molecule has 44 heavy (non-hydrogen) atoms. The summed E-state index contributed by atoms with van der Waals surface area (Å²) in [7, 11) is 0. The van der Waals surface area contributed by atoms with E-state index in [1.165, 1.54) is 88.5 Å². The zero-order valence-corrected chi connectivity index (χ0v) is 29.0. The molecule has 0 bridgehead atoms. The first-order valence-electron chi connectivity index (χ1n) is 19.4. The molecule has 0 aromatic heterocycles. The fourth-order valence-electron chi connectivity index (χ4n) is 15.2. The molecule has 2 N–H and O–H groups in total. The fraction of sp³-hybridized carbons (Fsp3) is 0.950. The Hall–Kier alpha value is -0.740. The van der Waals surface area contributed by atoms with Gasteiger partial charge >= 0.3 is 0 Å². The molecule has 0 aliphatic heterocycles. The van der Waals surface area contributed by atoms with Crippen molar-refractivity contribution in [2.24, 2.45) is 91.0 Å². The minimum absolute atomic E-state index is 0.0646. The lowest BCUT2D eigenvalue weighted by atomic mass is 9.44. The highest BCUT2D eigenvalue weighted by atomic mass is 16.3. The maximum Gasteiger partial charge on any atom is 0.0596 e. The van der Waals surface area contributed by atoms with Gasteiger partial charge in [-0.2, -0.15) is 10.2 Å². The lowest BCUT2D eigenvalue weighted by Crippen LogP contribution is -2.55. The summed E-state index contributed by atoms with van der Waals surface area (Å²) in [6.07, 6.45) is 19.8. The number of nitrogens with zero attached hydrogens (tertiary/aromatic N) is 2. The highest BCUT2D eigenvalue weighted by Crippen LogP contribution is 2.68. The summed E-state index contributed by atoms with van der Waals surface area (Å²) in [6.45, 7) is 15.1. The SMILES string of the molecule is CC1C[C@@]2(C)C(CCC3C4C(O)CC[C@@]4(C)CCC32)C/C1=N/N=C1/C[C@@H]2CC[C@@H]3[C@@H](CC[C@]4(C)[C@@H](O)CC[C@@H]34)[C@]2(C)C[C@H]1C. The molecule has 4 heteroatoms. The lowest BCUT2D eigenvalue weighted by molar-refractivity contribution is -0.117. The van der Waals surface area contributed by atoms with E-state index < -0.39 is 0 Å². The molecule has 4 nitrogen and oxygen atoms in total. The van der Waals surface area contributed by atoms with Gasteiger partial charge in [0.05, 0.1) is 12.2 Å². The second-order valence-corrected chi connectivity index (χ2v) is 19.5. The number of hydrogen-bond acceptors (Lipinski definition) is 4. The number of aliphatic hydroxyl groups excluding tert-OH is 2. The van der Waals surface area contributed by atoms with Crippen LogP contribution in [-0.2, 0) is 0 Å². The average Bonchev–Trinajstić information content (AvgIpc) is 3.46. The molecule has 8 aliphatic rings. The summed E-state index contributed by atoms with van der Waals surface area (Å²) in [5.41, 5.74) is 4.15. The maximum atomic E-state index is 11.1. The van der Waals surface area contributed by atoms with Gasteiger partial charge in [0.2, 0.25) is 0 Å². The molecule has 6 unspecified atom stereocenters. The van der Waals surface area contributed by atoms with Crippen molar-refractivity contribution in [3.05, 3.63) is 0 Å². The van der Waals surface area contributed by atoms with Gasteiger partial charge < -0.3 is 10.2 Å². The first kappa shape index (κ1) is 30.6. The van der Waals surface area contributed by atoms with E-state index in [1.807, 2.05) is 0 Å². The van der Waals surface area contributed by atoms with Crippen LogP contribution < -0.4 is 0 Å². The van der Waals surface area contributed by atoms with Gasteiger partial charge in [-0.3, -0.25) is 0 Å². The van der Waals surface area contributed by atoms with Crippen LogP contribution in [0.2, 0.25) is 0 Å². The van der Waals surface area contributed by atoms with E-state index in [-0.39, 0.29) is 17.6 Å². The summed E-state index contributed by atoms with van der Waals surface area (Å²) < 4.78 is 0. The predicted molar refractivity (Wildman–Crippen MR) is 179 cm³/mol. The van der Waals surface area contributed by atoms with Crippen LogP contribution in [0.15, 0.2) is 10.2 Å². The summed E-state index contributed by atoms with van der Waals surface area (Å²) in [5, 5.41) is 32.3. The molecule has 0 heterocycles. The Kier molecular flexibility index (Phi) is 7.21. The second kappa shape index (κ2) is 10.4. The molecule has 8 rings (SSSR count). The molecule has 8 aliphatic carbocycles. The Labute approximate surface area is 268 Å². The maximum absolute atomic E-state index is 11.1. The van der Waals surface area contributed by atoms with Crippen molar-refractivity contribution in [1.29, 1.82) is 0 Å². The highest BCUT2D eigenvalue weighted by Gasteiger charge is 2.62. The smallest absolute Gasteiger partial charge is 0.0596 e. The summed E-state index contributed by atoms with van der Waals surface area (Å²) in [6, 6.07) is 0. The Morgan fingerprint density at radius 3 is 1.73 bits per heavy atom. The van der Waals surface area contributed by atoms with Crippen molar-refractivity contribution >= 4 is 11.4 Å². The molecular weight excluding hydrogens is 540 g/mol. The first-order valence-corrected chi connectivity index (χ1v) is 19.4. The third-order valence-electron chi connectivity index (χ3n) is 17.7. The third-order valence-corrected chi connectivity index (χ3v) is 17.7. The van der Waals surface area contributed by atoms with Gasteiger partial charge in [0.15, 0.2) is 0 Å². The number of fused-ring (bicyclic) bond motifs is 10. The minimum Gasteiger partial charge on any atom is -0.393 e.